The monoisotopic (exact) mass is 613 g/mol. The van der Waals surface area contributed by atoms with Crippen LogP contribution in [0.3, 0.4) is 0 Å². The number of carbonyl (C=O) groups excluding carboxylic acids is 2. The predicted molar refractivity (Wildman–Crippen MR) is 146 cm³/mol. The highest BCUT2D eigenvalue weighted by Crippen LogP contribution is 2.33. The Morgan fingerprint density at radius 1 is 1.12 bits per heavy atom. The third-order valence-corrected chi connectivity index (χ3v) is 7.47. The highest BCUT2D eigenvalue weighted by atomic mass is 19.4. The molecule has 2 heterocycles. The van der Waals surface area contributed by atoms with Gasteiger partial charge >= 0.3 is 12.1 Å². The molecule has 0 aliphatic carbocycles. The smallest absolute Gasteiger partial charge is 0.376 e. The number of fused-ring (bicyclic) bond motifs is 1. The SMILES string of the molecule is CC(C)C1C[C@@H](C(=O)NC(C#N)c2cncc3c(F)c(F)ccc23)N(C(O)[C@@H](NC(=O)C(F)(F)F)[C@@H](C)OC(C)(C)C)C1. The fourth-order valence-electron chi connectivity index (χ4n) is 5.29. The summed E-state index contributed by atoms with van der Waals surface area (Å²) >= 11 is 0. The second-order valence-electron chi connectivity index (χ2n) is 12.1. The van der Waals surface area contributed by atoms with Gasteiger partial charge in [0.25, 0.3) is 0 Å². The number of alkyl halides is 3. The molecule has 9 nitrogen and oxygen atoms in total. The fourth-order valence-corrected chi connectivity index (χ4v) is 5.29. The number of pyridine rings is 1. The van der Waals surface area contributed by atoms with Crippen molar-refractivity contribution >= 4 is 22.6 Å². The number of aromatic nitrogens is 1. The molecule has 3 unspecified atom stereocenters. The van der Waals surface area contributed by atoms with Gasteiger partial charge in [0.2, 0.25) is 5.91 Å². The van der Waals surface area contributed by atoms with Gasteiger partial charge in [-0.05, 0) is 57.4 Å². The van der Waals surface area contributed by atoms with Crippen molar-refractivity contribution < 1.29 is 41.4 Å². The Balaban J connectivity index is 1.96. The first-order valence-corrected chi connectivity index (χ1v) is 13.8. The van der Waals surface area contributed by atoms with Crippen LogP contribution >= 0.6 is 0 Å². The maximum Gasteiger partial charge on any atom is 0.471 e. The minimum absolute atomic E-state index is 0.00543. The predicted octanol–water partition coefficient (Wildman–Crippen LogP) is 4.11. The van der Waals surface area contributed by atoms with Gasteiger partial charge in [0, 0.05) is 29.9 Å². The van der Waals surface area contributed by atoms with Crippen molar-refractivity contribution in [2.75, 3.05) is 6.54 Å². The number of nitriles is 1. The van der Waals surface area contributed by atoms with E-state index in [0.29, 0.717) is 0 Å². The van der Waals surface area contributed by atoms with Crippen LogP contribution in [0, 0.1) is 34.8 Å². The highest BCUT2D eigenvalue weighted by Gasteiger charge is 2.48. The Kier molecular flexibility index (Phi) is 10.4. The number of hydrogen-bond donors (Lipinski definition) is 3. The van der Waals surface area contributed by atoms with Crippen molar-refractivity contribution in [3.8, 4) is 6.07 Å². The van der Waals surface area contributed by atoms with E-state index in [1.807, 2.05) is 25.2 Å². The van der Waals surface area contributed by atoms with Gasteiger partial charge in [-0.15, -0.1) is 0 Å². The van der Waals surface area contributed by atoms with Crippen LogP contribution in [0.5, 0.6) is 0 Å². The number of aliphatic hydroxyl groups is 1. The molecular formula is C29H36F5N5O4. The van der Waals surface area contributed by atoms with Crippen LogP contribution in [0.15, 0.2) is 24.5 Å². The number of carbonyl (C=O) groups is 2. The van der Waals surface area contributed by atoms with Crippen LogP contribution in [0.1, 0.15) is 59.6 Å². The third kappa shape index (κ3) is 7.95. The Morgan fingerprint density at radius 2 is 1.77 bits per heavy atom. The lowest BCUT2D eigenvalue weighted by Gasteiger charge is -2.39. The number of halogens is 5. The minimum atomic E-state index is -5.24. The van der Waals surface area contributed by atoms with Crippen molar-refractivity contribution in [1.29, 1.82) is 5.26 Å². The zero-order chi connectivity index (χ0) is 32.4. The van der Waals surface area contributed by atoms with Gasteiger partial charge in [-0.2, -0.15) is 18.4 Å². The lowest BCUT2D eigenvalue weighted by molar-refractivity contribution is -0.180. The number of rotatable bonds is 9. The molecule has 1 saturated heterocycles. The molecular weight excluding hydrogens is 577 g/mol. The zero-order valence-electron chi connectivity index (χ0n) is 24.7. The second-order valence-corrected chi connectivity index (χ2v) is 12.1. The first-order chi connectivity index (χ1) is 19.9. The molecule has 6 atom stereocenters. The third-order valence-electron chi connectivity index (χ3n) is 7.47. The van der Waals surface area contributed by atoms with E-state index in [1.165, 1.54) is 24.1 Å². The first-order valence-electron chi connectivity index (χ1n) is 13.8. The lowest BCUT2D eigenvalue weighted by atomic mass is 9.93. The van der Waals surface area contributed by atoms with Crippen molar-refractivity contribution in [3.05, 3.63) is 41.7 Å². The van der Waals surface area contributed by atoms with E-state index < -0.39 is 65.7 Å². The molecule has 1 aliphatic heterocycles. The molecule has 2 amide bonds. The average Bonchev–Trinajstić information content (AvgIpc) is 3.36. The van der Waals surface area contributed by atoms with Crippen molar-refractivity contribution in [1.82, 2.24) is 20.5 Å². The van der Waals surface area contributed by atoms with E-state index in [2.05, 4.69) is 10.3 Å². The van der Waals surface area contributed by atoms with Gasteiger partial charge in [-0.3, -0.25) is 19.5 Å². The van der Waals surface area contributed by atoms with E-state index >= 15 is 0 Å². The molecule has 1 aromatic carbocycles. The maximum absolute atomic E-state index is 14.4. The van der Waals surface area contributed by atoms with Gasteiger partial charge in [0.05, 0.1) is 29.9 Å². The number of likely N-dealkylation sites (tertiary alicyclic amines) is 1. The van der Waals surface area contributed by atoms with Gasteiger partial charge in [-0.1, -0.05) is 19.9 Å². The van der Waals surface area contributed by atoms with E-state index in [1.54, 1.807) is 20.8 Å². The molecule has 43 heavy (non-hydrogen) atoms. The fraction of sp³-hybridized carbons (Fsp3) is 0.586. The zero-order valence-corrected chi connectivity index (χ0v) is 24.7. The van der Waals surface area contributed by atoms with E-state index in [9.17, 15) is 41.9 Å². The number of nitrogens with zero attached hydrogens (tertiary/aromatic N) is 3. The molecule has 1 aromatic heterocycles. The van der Waals surface area contributed by atoms with Gasteiger partial charge in [0.15, 0.2) is 11.6 Å². The molecule has 0 bridgehead atoms. The molecule has 0 radical (unpaired) electrons. The van der Waals surface area contributed by atoms with Crippen LogP contribution in [-0.4, -0.2) is 69.5 Å². The standard InChI is InChI=1S/C29H36F5N5O4/c1-14(2)16-9-22(25(40)37-21(10-35)18-11-36-12-19-17(18)7-8-20(30)23(19)31)39(13-16)26(41)24(15(3)43-28(4,5)6)38-27(42)29(32,33)34/h7-8,11-12,14-16,21-22,24,26,41H,9,13H2,1-6H3,(H,37,40)(H,38,42)/t15-,16?,21?,22+,24+,26?/m1/s1. The Hall–Kier alpha value is -3.41. The quantitative estimate of drug-likeness (QED) is 0.364. The summed E-state index contributed by atoms with van der Waals surface area (Å²) in [6.07, 6.45) is -5.64. The molecule has 236 valence electrons. The highest BCUT2D eigenvalue weighted by molar-refractivity contribution is 5.88. The van der Waals surface area contributed by atoms with E-state index in [0.717, 1.165) is 12.3 Å². The number of amides is 2. The lowest BCUT2D eigenvalue weighted by Crippen LogP contribution is -2.62. The topological polar surface area (TPSA) is 128 Å². The number of nitrogens with one attached hydrogen (secondary N) is 2. The molecule has 3 N–H and O–H groups in total. The number of hydrogen-bond acceptors (Lipinski definition) is 7. The van der Waals surface area contributed by atoms with Gasteiger partial charge in [-0.25, -0.2) is 8.78 Å². The Bertz CT molecular complexity index is 1370. The molecule has 0 spiro atoms. The summed E-state index contributed by atoms with van der Waals surface area (Å²) in [5.41, 5.74) is -0.752. The van der Waals surface area contributed by atoms with Gasteiger partial charge in [0.1, 0.15) is 12.3 Å². The Morgan fingerprint density at radius 3 is 2.33 bits per heavy atom. The summed E-state index contributed by atoms with van der Waals surface area (Å²) in [6, 6.07) is -0.0284. The summed E-state index contributed by atoms with van der Waals surface area (Å²) in [5.74, 6) is -5.47. The summed E-state index contributed by atoms with van der Waals surface area (Å²) in [4.78, 5) is 30.8. The molecule has 1 fully saturated rings. The average molecular weight is 614 g/mol. The maximum atomic E-state index is 14.4. The number of ether oxygens (including phenoxy) is 1. The van der Waals surface area contributed by atoms with E-state index in [-0.39, 0.29) is 41.1 Å². The van der Waals surface area contributed by atoms with Crippen LogP contribution < -0.4 is 10.6 Å². The summed E-state index contributed by atoms with van der Waals surface area (Å²) in [6.45, 7) is 10.2. The summed E-state index contributed by atoms with van der Waals surface area (Å²) < 4.78 is 73.7. The molecule has 0 saturated carbocycles. The van der Waals surface area contributed by atoms with Gasteiger partial charge < -0.3 is 20.5 Å². The minimum Gasteiger partial charge on any atom is -0.376 e. The van der Waals surface area contributed by atoms with Crippen molar-refractivity contribution in [2.24, 2.45) is 11.8 Å². The molecule has 14 heteroatoms. The summed E-state index contributed by atoms with van der Waals surface area (Å²) in [5, 5.41) is 25.7. The molecule has 3 rings (SSSR count). The van der Waals surface area contributed by atoms with Crippen molar-refractivity contribution in [2.45, 2.75) is 90.2 Å². The normalized spacial score (nSPS) is 20.8. The van der Waals surface area contributed by atoms with Crippen LogP contribution in [0.2, 0.25) is 0 Å². The first kappa shape index (κ1) is 34.1. The summed E-state index contributed by atoms with van der Waals surface area (Å²) in [7, 11) is 0. The van der Waals surface area contributed by atoms with Crippen LogP contribution in [-0.2, 0) is 14.3 Å². The largest absolute Gasteiger partial charge is 0.471 e. The van der Waals surface area contributed by atoms with Crippen molar-refractivity contribution in [3.63, 3.8) is 0 Å². The van der Waals surface area contributed by atoms with Crippen LogP contribution in [0.4, 0.5) is 22.0 Å². The van der Waals surface area contributed by atoms with Crippen LogP contribution in [0.25, 0.3) is 10.8 Å². The molecule has 2 aromatic rings. The number of aliphatic hydroxyl groups excluding tert-OH is 1. The Labute approximate surface area is 246 Å². The number of benzene rings is 1. The molecule has 1 aliphatic rings. The second kappa shape index (κ2) is 13.1. The van der Waals surface area contributed by atoms with E-state index in [4.69, 9.17) is 4.74 Å².